The molecule has 2 heterocycles. The SMILES string of the molecule is Cn1cccc1[C@H](C(=O)NC1CCCCC1)N(C(=O)Cc1cccs1)c1cccc2ccccc12. The maximum Gasteiger partial charge on any atom is 0.249 e. The van der Waals surface area contributed by atoms with E-state index in [9.17, 15) is 9.59 Å². The molecule has 180 valence electrons. The summed E-state index contributed by atoms with van der Waals surface area (Å²) in [7, 11) is 1.93. The van der Waals surface area contributed by atoms with Crippen molar-refractivity contribution in [3.05, 3.63) is 88.9 Å². The molecule has 0 saturated heterocycles. The van der Waals surface area contributed by atoms with E-state index >= 15 is 0 Å². The molecule has 1 N–H and O–H groups in total. The highest BCUT2D eigenvalue weighted by molar-refractivity contribution is 7.10. The van der Waals surface area contributed by atoms with Gasteiger partial charge in [0.2, 0.25) is 11.8 Å². The molecular formula is C29H31N3O2S. The lowest BCUT2D eigenvalue weighted by molar-refractivity contribution is -0.127. The Balaban J connectivity index is 1.62. The normalized spacial score (nSPS) is 15.1. The number of hydrogen-bond donors (Lipinski definition) is 1. The van der Waals surface area contributed by atoms with Gasteiger partial charge in [-0.05, 0) is 47.9 Å². The Morgan fingerprint density at radius 2 is 1.80 bits per heavy atom. The fraction of sp³-hybridized carbons (Fsp3) is 0.310. The molecule has 1 aliphatic rings. The van der Waals surface area contributed by atoms with Gasteiger partial charge in [-0.25, -0.2) is 0 Å². The van der Waals surface area contributed by atoms with E-state index in [4.69, 9.17) is 0 Å². The van der Waals surface area contributed by atoms with Crippen molar-refractivity contribution in [3.8, 4) is 0 Å². The Morgan fingerprint density at radius 1 is 1.00 bits per heavy atom. The van der Waals surface area contributed by atoms with Gasteiger partial charge in [0.15, 0.2) is 6.04 Å². The third-order valence-corrected chi connectivity index (χ3v) is 7.80. The third kappa shape index (κ3) is 5.03. The van der Waals surface area contributed by atoms with Crippen LogP contribution in [0.3, 0.4) is 0 Å². The summed E-state index contributed by atoms with van der Waals surface area (Å²) in [6.45, 7) is 0. The first-order valence-electron chi connectivity index (χ1n) is 12.4. The van der Waals surface area contributed by atoms with E-state index in [0.717, 1.165) is 52.7 Å². The minimum Gasteiger partial charge on any atom is -0.352 e. The molecule has 0 radical (unpaired) electrons. The lowest BCUT2D eigenvalue weighted by Gasteiger charge is -2.34. The largest absolute Gasteiger partial charge is 0.352 e. The summed E-state index contributed by atoms with van der Waals surface area (Å²) in [5, 5.41) is 7.28. The number of hydrogen-bond acceptors (Lipinski definition) is 3. The van der Waals surface area contributed by atoms with Crippen LogP contribution in [0.5, 0.6) is 0 Å². The monoisotopic (exact) mass is 485 g/mol. The van der Waals surface area contributed by atoms with Crippen LogP contribution in [0, 0.1) is 0 Å². The van der Waals surface area contributed by atoms with Gasteiger partial charge in [0.05, 0.1) is 17.8 Å². The van der Waals surface area contributed by atoms with Crippen molar-refractivity contribution in [1.82, 2.24) is 9.88 Å². The quantitative estimate of drug-likeness (QED) is 0.349. The highest BCUT2D eigenvalue weighted by Gasteiger charge is 2.36. The van der Waals surface area contributed by atoms with Crippen LogP contribution in [0.2, 0.25) is 0 Å². The van der Waals surface area contributed by atoms with E-state index in [0.29, 0.717) is 0 Å². The van der Waals surface area contributed by atoms with Crippen molar-refractivity contribution < 1.29 is 9.59 Å². The number of fused-ring (bicyclic) bond motifs is 1. The van der Waals surface area contributed by atoms with Crippen LogP contribution in [-0.4, -0.2) is 22.4 Å². The first kappa shape index (κ1) is 23.4. The number of nitrogens with one attached hydrogen (secondary N) is 1. The zero-order valence-corrected chi connectivity index (χ0v) is 20.8. The number of aryl methyl sites for hydroxylation is 1. The van der Waals surface area contributed by atoms with Gasteiger partial charge in [-0.15, -0.1) is 11.3 Å². The molecule has 1 saturated carbocycles. The molecule has 0 bridgehead atoms. The Hall–Kier alpha value is -3.38. The summed E-state index contributed by atoms with van der Waals surface area (Å²) in [4.78, 5) is 30.8. The van der Waals surface area contributed by atoms with Gasteiger partial charge in [-0.2, -0.15) is 0 Å². The second kappa shape index (κ2) is 10.5. The van der Waals surface area contributed by atoms with Crippen molar-refractivity contribution in [2.75, 3.05) is 4.90 Å². The summed E-state index contributed by atoms with van der Waals surface area (Å²) in [6.07, 6.45) is 7.63. The average molecular weight is 486 g/mol. The van der Waals surface area contributed by atoms with Crippen LogP contribution in [0.1, 0.15) is 48.7 Å². The highest BCUT2D eigenvalue weighted by Crippen LogP contribution is 2.35. The second-order valence-electron chi connectivity index (χ2n) is 9.31. The molecule has 0 aliphatic heterocycles. The van der Waals surface area contributed by atoms with Crippen LogP contribution in [0.25, 0.3) is 10.8 Å². The van der Waals surface area contributed by atoms with Crippen LogP contribution in [0.15, 0.2) is 78.3 Å². The lowest BCUT2D eigenvalue weighted by Crippen LogP contribution is -2.48. The van der Waals surface area contributed by atoms with Crippen molar-refractivity contribution >= 4 is 39.6 Å². The molecular weight excluding hydrogens is 454 g/mol. The number of carbonyl (C=O) groups excluding carboxylic acids is 2. The Morgan fingerprint density at radius 3 is 2.54 bits per heavy atom. The van der Waals surface area contributed by atoms with Gasteiger partial charge in [0, 0.05) is 29.5 Å². The van der Waals surface area contributed by atoms with E-state index in [-0.39, 0.29) is 24.3 Å². The van der Waals surface area contributed by atoms with Gasteiger partial charge in [0.25, 0.3) is 0 Å². The first-order valence-corrected chi connectivity index (χ1v) is 13.2. The molecule has 4 aromatic rings. The Bertz CT molecular complexity index is 1300. The molecule has 2 aromatic carbocycles. The number of aromatic nitrogens is 1. The van der Waals surface area contributed by atoms with Gasteiger partial charge in [-0.3, -0.25) is 14.5 Å². The van der Waals surface area contributed by atoms with Gasteiger partial charge < -0.3 is 9.88 Å². The van der Waals surface area contributed by atoms with Crippen LogP contribution < -0.4 is 10.2 Å². The first-order chi connectivity index (χ1) is 17.1. The summed E-state index contributed by atoms with van der Waals surface area (Å²) >= 11 is 1.56. The van der Waals surface area contributed by atoms with Crippen molar-refractivity contribution in [2.45, 2.75) is 50.6 Å². The van der Waals surface area contributed by atoms with Crippen LogP contribution in [-0.2, 0) is 23.1 Å². The summed E-state index contributed by atoms with van der Waals surface area (Å²) in [6, 6.07) is 21.2. The number of amides is 2. The maximum absolute atomic E-state index is 14.0. The highest BCUT2D eigenvalue weighted by atomic mass is 32.1. The zero-order chi connectivity index (χ0) is 24.2. The molecule has 2 amide bonds. The third-order valence-electron chi connectivity index (χ3n) is 6.92. The van der Waals surface area contributed by atoms with E-state index < -0.39 is 6.04 Å². The predicted molar refractivity (Wildman–Crippen MR) is 143 cm³/mol. The van der Waals surface area contributed by atoms with Gasteiger partial charge in [-0.1, -0.05) is 61.7 Å². The number of carbonyl (C=O) groups is 2. The number of anilines is 1. The molecule has 2 aromatic heterocycles. The predicted octanol–water partition coefficient (Wildman–Crippen LogP) is 6.01. The Kier molecular flexibility index (Phi) is 7.00. The van der Waals surface area contributed by atoms with Gasteiger partial charge in [0.1, 0.15) is 0 Å². The number of benzene rings is 2. The van der Waals surface area contributed by atoms with Crippen molar-refractivity contribution in [2.24, 2.45) is 7.05 Å². The standard InChI is InChI=1S/C29H31N3O2S/c1-31-18-8-17-26(31)28(29(34)30-22-12-3-2-4-13-22)32(27(33)20-23-14-9-19-35-23)25-16-7-11-21-10-5-6-15-24(21)25/h5-11,14-19,22,28H,2-4,12-13,20H2,1H3,(H,30,34)/t28-/m1/s1. The topological polar surface area (TPSA) is 54.3 Å². The smallest absolute Gasteiger partial charge is 0.249 e. The molecule has 6 heteroatoms. The second-order valence-corrected chi connectivity index (χ2v) is 10.3. The summed E-state index contributed by atoms with van der Waals surface area (Å²) in [5.74, 6) is -0.208. The number of rotatable bonds is 7. The molecule has 0 spiro atoms. The van der Waals surface area contributed by atoms with Crippen LogP contribution >= 0.6 is 11.3 Å². The Labute approximate surface area is 210 Å². The van der Waals surface area contributed by atoms with Crippen molar-refractivity contribution in [1.29, 1.82) is 0 Å². The number of thiophene rings is 1. The fourth-order valence-corrected chi connectivity index (χ4v) is 5.85. The van der Waals surface area contributed by atoms with E-state index in [1.165, 1.54) is 6.42 Å². The average Bonchev–Trinajstić information content (AvgIpc) is 3.54. The minimum absolute atomic E-state index is 0.0891. The minimum atomic E-state index is -0.768. The molecule has 5 nitrogen and oxygen atoms in total. The van der Waals surface area contributed by atoms with E-state index in [2.05, 4.69) is 5.32 Å². The summed E-state index contributed by atoms with van der Waals surface area (Å²) < 4.78 is 1.95. The van der Waals surface area contributed by atoms with Crippen molar-refractivity contribution in [3.63, 3.8) is 0 Å². The maximum atomic E-state index is 14.0. The van der Waals surface area contributed by atoms with Crippen LogP contribution in [0.4, 0.5) is 5.69 Å². The number of nitrogens with zero attached hydrogens (tertiary/aromatic N) is 2. The molecule has 0 unspecified atom stereocenters. The zero-order valence-electron chi connectivity index (χ0n) is 20.0. The molecule has 1 atom stereocenters. The van der Waals surface area contributed by atoms with Gasteiger partial charge >= 0.3 is 0 Å². The van der Waals surface area contributed by atoms with E-state index in [1.54, 1.807) is 16.2 Å². The van der Waals surface area contributed by atoms with E-state index in [1.807, 2.05) is 89.9 Å². The fourth-order valence-electron chi connectivity index (χ4n) is 5.15. The molecule has 5 rings (SSSR count). The molecule has 35 heavy (non-hydrogen) atoms. The lowest BCUT2D eigenvalue weighted by atomic mass is 9.95. The summed E-state index contributed by atoms with van der Waals surface area (Å²) in [5.41, 5.74) is 1.56. The molecule has 1 aliphatic carbocycles. The molecule has 1 fully saturated rings.